The highest BCUT2D eigenvalue weighted by atomic mass is 32.2. The van der Waals surface area contributed by atoms with Crippen LogP contribution in [0.15, 0.2) is 23.4 Å². The molecule has 1 aliphatic heterocycles. The first kappa shape index (κ1) is 16.2. The van der Waals surface area contributed by atoms with Crippen LogP contribution in [0.3, 0.4) is 0 Å². The highest BCUT2D eigenvalue weighted by Crippen LogP contribution is 2.18. The summed E-state index contributed by atoms with van der Waals surface area (Å²) in [4.78, 5) is 6.49. The van der Waals surface area contributed by atoms with Crippen LogP contribution in [0.4, 0.5) is 5.69 Å². The van der Waals surface area contributed by atoms with E-state index in [9.17, 15) is 8.42 Å². The van der Waals surface area contributed by atoms with E-state index in [1.807, 2.05) is 0 Å². The molecule has 2 N–H and O–H groups in total. The maximum absolute atomic E-state index is 12.3. The van der Waals surface area contributed by atoms with Crippen LogP contribution in [-0.4, -0.2) is 51.5 Å². The summed E-state index contributed by atoms with van der Waals surface area (Å²) in [7, 11) is -1.83. The van der Waals surface area contributed by atoms with Crippen LogP contribution < -0.4 is 10.0 Å². The molecule has 1 unspecified atom stereocenters. The van der Waals surface area contributed by atoms with Crippen LogP contribution in [0.2, 0.25) is 0 Å². The van der Waals surface area contributed by atoms with Gasteiger partial charge < -0.3 is 10.2 Å². The van der Waals surface area contributed by atoms with E-state index in [4.69, 9.17) is 0 Å². The summed E-state index contributed by atoms with van der Waals surface area (Å²) in [5.74, 6) is 0.285. The topological polar surface area (TPSA) is 74.3 Å². The quantitative estimate of drug-likeness (QED) is 0.789. The molecule has 1 fully saturated rings. The highest BCUT2D eigenvalue weighted by Gasteiger charge is 2.20. The first-order valence-corrected chi connectivity index (χ1v) is 8.85. The maximum Gasteiger partial charge on any atom is 0.244 e. The second-order valence-corrected chi connectivity index (χ2v) is 7.32. The summed E-state index contributed by atoms with van der Waals surface area (Å²) in [6.07, 6.45) is 5.44. The maximum atomic E-state index is 12.3. The number of nitrogens with zero attached hydrogens (tertiary/aromatic N) is 2. The zero-order valence-electron chi connectivity index (χ0n) is 12.7. The van der Waals surface area contributed by atoms with Crippen molar-refractivity contribution in [1.82, 2.24) is 14.6 Å². The van der Waals surface area contributed by atoms with Gasteiger partial charge in [-0.1, -0.05) is 6.92 Å². The van der Waals surface area contributed by atoms with Gasteiger partial charge in [-0.3, -0.25) is 4.98 Å². The van der Waals surface area contributed by atoms with Gasteiger partial charge in [0.05, 0.1) is 5.69 Å². The third kappa shape index (κ3) is 4.39. The third-order valence-corrected chi connectivity index (χ3v) is 5.18. The van der Waals surface area contributed by atoms with Gasteiger partial charge in [0.25, 0.3) is 0 Å². The Kier molecular flexibility index (Phi) is 5.55. The summed E-state index contributed by atoms with van der Waals surface area (Å²) in [6.45, 7) is 5.71. The van der Waals surface area contributed by atoms with Gasteiger partial charge in [0, 0.05) is 32.5 Å². The van der Waals surface area contributed by atoms with Crippen LogP contribution in [0, 0.1) is 5.92 Å². The fourth-order valence-electron chi connectivity index (χ4n) is 2.60. The van der Waals surface area contributed by atoms with Gasteiger partial charge >= 0.3 is 0 Å². The van der Waals surface area contributed by atoms with Gasteiger partial charge in [-0.25, -0.2) is 13.1 Å². The van der Waals surface area contributed by atoms with E-state index in [1.165, 1.54) is 19.0 Å². The number of anilines is 1. The number of aromatic nitrogens is 1. The number of sulfonamides is 1. The molecule has 1 aliphatic rings. The average Bonchev–Trinajstić information content (AvgIpc) is 2.98. The molecule has 1 saturated heterocycles. The molecule has 7 heteroatoms. The molecule has 0 spiro atoms. The number of hydrogen-bond acceptors (Lipinski definition) is 5. The molecule has 21 heavy (non-hydrogen) atoms. The van der Waals surface area contributed by atoms with E-state index in [1.54, 1.807) is 19.3 Å². The molecule has 0 saturated carbocycles. The van der Waals surface area contributed by atoms with Crippen molar-refractivity contribution in [2.24, 2.45) is 5.92 Å². The Labute approximate surface area is 127 Å². The Hall–Kier alpha value is -1.18. The summed E-state index contributed by atoms with van der Waals surface area (Å²) in [5, 5.41) is 2.88. The standard InChI is InChI=1S/C14H24N4O2S/c1-12(11-18-7-3-4-8-18)9-17-21(19,20)14-10-16-6-5-13(14)15-2/h5-6,10,12,17H,3-4,7-9,11H2,1-2H3,(H,15,16). The fraction of sp³-hybridized carbons (Fsp3) is 0.643. The SMILES string of the molecule is CNc1ccncc1S(=O)(=O)NCC(C)CN1CCCC1. The highest BCUT2D eigenvalue weighted by molar-refractivity contribution is 7.89. The lowest BCUT2D eigenvalue weighted by molar-refractivity contribution is 0.288. The van der Waals surface area contributed by atoms with Gasteiger partial charge in [-0.15, -0.1) is 0 Å². The molecule has 2 rings (SSSR count). The van der Waals surface area contributed by atoms with Gasteiger partial charge in [0.1, 0.15) is 4.90 Å². The molecule has 1 aromatic heterocycles. The van der Waals surface area contributed by atoms with Crippen molar-refractivity contribution in [3.63, 3.8) is 0 Å². The van der Waals surface area contributed by atoms with E-state index in [-0.39, 0.29) is 10.8 Å². The molecule has 0 aromatic carbocycles. The third-order valence-electron chi connectivity index (χ3n) is 3.73. The molecular formula is C14H24N4O2S. The van der Waals surface area contributed by atoms with E-state index in [2.05, 4.69) is 26.8 Å². The van der Waals surface area contributed by atoms with Crippen molar-refractivity contribution < 1.29 is 8.42 Å². The van der Waals surface area contributed by atoms with Gasteiger partial charge in [-0.2, -0.15) is 0 Å². The molecule has 0 aliphatic carbocycles. The van der Waals surface area contributed by atoms with Gasteiger partial charge in [0.2, 0.25) is 10.0 Å². The number of pyridine rings is 1. The van der Waals surface area contributed by atoms with Crippen LogP contribution in [0.5, 0.6) is 0 Å². The fourth-order valence-corrected chi connectivity index (χ4v) is 3.92. The molecule has 0 radical (unpaired) electrons. The molecule has 118 valence electrons. The van der Waals surface area contributed by atoms with Crippen molar-refractivity contribution in [2.75, 3.05) is 38.5 Å². The molecule has 0 bridgehead atoms. The summed E-state index contributed by atoms with van der Waals surface area (Å²) in [6, 6.07) is 1.65. The van der Waals surface area contributed by atoms with Gasteiger partial charge in [-0.05, 0) is 37.9 Å². The summed E-state index contributed by atoms with van der Waals surface area (Å²) in [5.41, 5.74) is 0.560. The lowest BCUT2D eigenvalue weighted by atomic mass is 10.2. The van der Waals surface area contributed by atoms with Crippen molar-refractivity contribution in [2.45, 2.75) is 24.7 Å². The predicted octanol–water partition coefficient (Wildman–Crippen LogP) is 1.13. The van der Waals surface area contributed by atoms with Crippen molar-refractivity contribution in [1.29, 1.82) is 0 Å². The van der Waals surface area contributed by atoms with Gasteiger partial charge in [0.15, 0.2) is 0 Å². The Morgan fingerprint density at radius 2 is 2.10 bits per heavy atom. The second kappa shape index (κ2) is 7.20. The molecular weight excluding hydrogens is 288 g/mol. The van der Waals surface area contributed by atoms with Crippen molar-refractivity contribution >= 4 is 15.7 Å². The average molecular weight is 312 g/mol. The lowest BCUT2D eigenvalue weighted by Gasteiger charge is -2.20. The van der Waals surface area contributed by atoms with E-state index >= 15 is 0 Å². The molecule has 1 atom stereocenters. The largest absolute Gasteiger partial charge is 0.387 e. The van der Waals surface area contributed by atoms with E-state index in [0.717, 1.165) is 19.6 Å². The normalized spacial score (nSPS) is 17.8. The van der Waals surface area contributed by atoms with Crippen LogP contribution in [0.25, 0.3) is 0 Å². The smallest absolute Gasteiger partial charge is 0.244 e. The van der Waals surface area contributed by atoms with Crippen LogP contribution in [0.1, 0.15) is 19.8 Å². The number of rotatable bonds is 7. The minimum Gasteiger partial charge on any atom is -0.387 e. The van der Waals surface area contributed by atoms with Crippen LogP contribution in [-0.2, 0) is 10.0 Å². The zero-order valence-corrected chi connectivity index (χ0v) is 13.5. The Bertz CT molecular complexity index is 556. The van der Waals surface area contributed by atoms with E-state index in [0.29, 0.717) is 12.2 Å². The van der Waals surface area contributed by atoms with E-state index < -0.39 is 10.0 Å². The predicted molar refractivity (Wildman–Crippen MR) is 83.8 cm³/mol. The first-order valence-electron chi connectivity index (χ1n) is 7.36. The Balaban J connectivity index is 1.94. The second-order valence-electron chi connectivity index (χ2n) is 5.59. The molecule has 1 aromatic rings. The molecule has 2 heterocycles. The van der Waals surface area contributed by atoms with Crippen molar-refractivity contribution in [3.8, 4) is 0 Å². The Morgan fingerprint density at radius 3 is 2.76 bits per heavy atom. The van der Waals surface area contributed by atoms with Crippen molar-refractivity contribution in [3.05, 3.63) is 18.5 Å². The Morgan fingerprint density at radius 1 is 1.38 bits per heavy atom. The molecule has 0 amide bonds. The zero-order chi connectivity index (χ0) is 15.3. The minimum atomic E-state index is -3.53. The summed E-state index contributed by atoms with van der Waals surface area (Å²) < 4.78 is 27.4. The summed E-state index contributed by atoms with van der Waals surface area (Å²) >= 11 is 0. The lowest BCUT2D eigenvalue weighted by Crippen LogP contribution is -2.34. The first-order chi connectivity index (χ1) is 10.0. The minimum absolute atomic E-state index is 0.195. The molecule has 6 nitrogen and oxygen atoms in total. The number of likely N-dealkylation sites (tertiary alicyclic amines) is 1. The van der Waals surface area contributed by atoms with Crippen LogP contribution >= 0.6 is 0 Å². The number of hydrogen-bond donors (Lipinski definition) is 2. The monoisotopic (exact) mass is 312 g/mol. The number of nitrogens with one attached hydrogen (secondary N) is 2.